The lowest BCUT2D eigenvalue weighted by Crippen LogP contribution is -2.48. The summed E-state index contributed by atoms with van der Waals surface area (Å²) in [5, 5.41) is 6.79. The number of rotatable bonds is 6. The maximum Gasteiger partial charge on any atom is 0.251 e. The van der Waals surface area contributed by atoms with Crippen LogP contribution in [0.3, 0.4) is 0 Å². The van der Waals surface area contributed by atoms with Gasteiger partial charge in [-0.05, 0) is 37.5 Å². The molecule has 1 aliphatic rings. The molecule has 0 spiro atoms. The normalized spacial score (nSPS) is 17.4. The minimum atomic E-state index is -0.0462. The molecule has 2 rings (SSSR count). The van der Waals surface area contributed by atoms with Crippen LogP contribution in [0.1, 0.15) is 36.2 Å². The molecule has 0 radical (unpaired) electrons. The number of hydrogen-bond donors (Lipinski definition) is 2. The predicted molar refractivity (Wildman–Crippen MR) is 123 cm³/mol. The van der Waals surface area contributed by atoms with E-state index in [0.717, 1.165) is 49.9 Å². The highest BCUT2D eigenvalue weighted by atomic mass is 127. The molecule has 1 fully saturated rings. The summed E-state index contributed by atoms with van der Waals surface area (Å²) >= 11 is 2.07. The lowest BCUT2D eigenvalue weighted by atomic mass is 10.1. The molecule has 1 aromatic rings. The van der Waals surface area contributed by atoms with Gasteiger partial charge in [0.05, 0.1) is 0 Å². The number of nitrogens with one attached hydrogen (secondary N) is 2. The van der Waals surface area contributed by atoms with Crippen LogP contribution in [0.2, 0.25) is 0 Å². The number of halogens is 1. The number of amides is 1. The molecule has 2 N–H and O–H groups in total. The fourth-order valence-corrected chi connectivity index (χ4v) is 4.07. The first-order valence-corrected chi connectivity index (χ1v) is 10.2. The zero-order chi connectivity index (χ0) is 18.1. The van der Waals surface area contributed by atoms with Gasteiger partial charge in [-0.15, -0.1) is 24.0 Å². The number of aliphatic imine (C=N–C) groups is 1. The van der Waals surface area contributed by atoms with Gasteiger partial charge in [0.25, 0.3) is 5.91 Å². The summed E-state index contributed by atoms with van der Waals surface area (Å²) in [7, 11) is 1.66. The van der Waals surface area contributed by atoms with Crippen molar-refractivity contribution < 1.29 is 4.79 Å². The van der Waals surface area contributed by atoms with Gasteiger partial charge >= 0.3 is 0 Å². The number of thioether (sulfide) groups is 1. The molecular formula is C19H31IN4OS. The molecule has 1 aromatic carbocycles. The second-order valence-electron chi connectivity index (χ2n) is 6.11. The summed E-state index contributed by atoms with van der Waals surface area (Å²) < 4.78 is 0. The van der Waals surface area contributed by atoms with Crippen LogP contribution in [-0.4, -0.2) is 61.0 Å². The molecule has 1 saturated heterocycles. The Morgan fingerprint density at radius 3 is 2.88 bits per heavy atom. The number of nitrogens with zero attached hydrogens (tertiary/aromatic N) is 2. The molecule has 1 amide bonds. The summed E-state index contributed by atoms with van der Waals surface area (Å²) in [4.78, 5) is 18.9. The minimum Gasteiger partial charge on any atom is -0.357 e. The van der Waals surface area contributed by atoms with Gasteiger partial charge in [-0.2, -0.15) is 11.8 Å². The van der Waals surface area contributed by atoms with Crippen LogP contribution in [0, 0.1) is 0 Å². The van der Waals surface area contributed by atoms with Gasteiger partial charge in [0.15, 0.2) is 5.96 Å². The van der Waals surface area contributed by atoms with E-state index in [9.17, 15) is 4.79 Å². The summed E-state index contributed by atoms with van der Waals surface area (Å²) in [6.45, 7) is 8.09. The monoisotopic (exact) mass is 490 g/mol. The molecule has 1 unspecified atom stereocenters. The molecule has 0 saturated carbocycles. The van der Waals surface area contributed by atoms with E-state index in [2.05, 4.69) is 47.2 Å². The molecule has 1 aliphatic heterocycles. The van der Waals surface area contributed by atoms with E-state index < -0.39 is 0 Å². The van der Waals surface area contributed by atoms with Gasteiger partial charge in [0.2, 0.25) is 0 Å². The topological polar surface area (TPSA) is 56.7 Å². The Bertz CT molecular complexity index is 597. The van der Waals surface area contributed by atoms with Crippen molar-refractivity contribution in [2.75, 3.05) is 39.0 Å². The van der Waals surface area contributed by atoms with E-state index >= 15 is 0 Å². The second-order valence-corrected chi connectivity index (χ2v) is 7.52. The molecular weight excluding hydrogens is 459 g/mol. The maximum atomic E-state index is 11.7. The first-order chi connectivity index (χ1) is 12.2. The number of hydrogen-bond acceptors (Lipinski definition) is 3. The fourth-order valence-electron chi connectivity index (χ4n) is 2.89. The van der Waals surface area contributed by atoms with Crippen LogP contribution in [0.5, 0.6) is 0 Å². The highest BCUT2D eigenvalue weighted by Gasteiger charge is 2.21. The molecule has 0 bridgehead atoms. The highest BCUT2D eigenvalue weighted by Crippen LogP contribution is 2.21. The number of carbonyl (C=O) groups is 1. The molecule has 146 valence electrons. The third-order valence-electron chi connectivity index (χ3n) is 4.31. The molecule has 5 nitrogen and oxygen atoms in total. The first-order valence-electron chi connectivity index (χ1n) is 9.13. The Labute approximate surface area is 178 Å². The smallest absolute Gasteiger partial charge is 0.251 e. The predicted octanol–water partition coefficient (Wildman–Crippen LogP) is 3.00. The Balaban J connectivity index is 0.00000338. The zero-order valence-corrected chi connectivity index (χ0v) is 19.1. The Morgan fingerprint density at radius 2 is 2.19 bits per heavy atom. The van der Waals surface area contributed by atoms with E-state index in [-0.39, 0.29) is 29.9 Å². The Kier molecular flexibility index (Phi) is 11.0. The Hall–Kier alpha value is -0.960. The van der Waals surface area contributed by atoms with Crippen LogP contribution in [0.15, 0.2) is 29.3 Å². The van der Waals surface area contributed by atoms with Crippen molar-refractivity contribution >= 4 is 47.6 Å². The van der Waals surface area contributed by atoms with Gasteiger partial charge in [0, 0.05) is 49.8 Å². The van der Waals surface area contributed by atoms with Crippen molar-refractivity contribution in [2.45, 2.75) is 31.9 Å². The van der Waals surface area contributed by atoms with E-state index in [0.29, 0.717) is 10.8 Å². The SMILES string of the molecule is CCNC(=NCCc1cccc(C(=O)NC)c1)N1CCSC(CC)C1.I. The van der Waals surface area contributed by atoms with Gasteiger partial charge in [-0.25, -0.2) is 0 Å². The average Bonchev–Trinajstić information content (AvgIpc) is 2.67. The number of guanidine groups is 1. The average molecular weight is 490 g/mol. The fraction of sp³-hybridized carbons (Fsp3) is 0.579. The zero-order valence-electron chi connectivity index (χ0n) is 16.0. The van der Waals surface area contributed by atoms with Gasteiger partial charge in [-0.1, -0.05) is 19.1 Å². The number of benzene rings is 1. The van der Waals surface area contributed by atoms with Crippen LogP contribution >= 0.6 is 35.7 Å². The Morgan fingerprint density at radius 1 is 1.38 bits per heavy atom. The van der Waals surface area contributed by atoms with E-state index in [1.165, 1.54) is 6.42 Å². The van der Waals surface area contributed by atoms with Crippen molar-refractivity contribution in [1.29, 1.82) is 0 Å². The van der Waals surface area contributed by atoms with E-state index in [1.54, 1.807) is 7.05 Å². The third kappa shape index (κ3) is 6.98. The van der Waals surface area contributed by atoms with E-state index in [4.69, 9.17) is 4.99 Å². The first kappa shape index (κ1) is 23.1. The van der Waals surface area contributed by atoms with Crippen molar-refractivity contribution in [1.82, 2.24) is 15.5 Å². The summed E-state index contributed by atoms with van der Waals surface area (Å²) in [5.41, 5.74) is 1.84. The van der Waals surface area contributed by atoms with Gasteiger partial charge in [0.1, 0.15) is 0 Å². The maximum absolute atomic E-state index is 11.7. The van der Waals surface area contributed by atoms with Gasteiger partial charge in [-0.3, -0.25) is 9.79 Å². The third-order valence-corrected chi connectivity index (χ3v) is 5.68. The lowest BCUT2D eigenvalue weighted by molar-refractivity contribution is 0.0963. The van der Waals surface area contributed by atoms with Crippen LogP contribution < -0.4 is 10.6 Å². The minimum absolute atomic E-state index is 0. The molecule has 1 atom stereocenters. The highest BCUT2D eigenvalue weighted by molar-refractivity contribution is 14.0. The molecule has 7 heteroatoms. The second kappa shape index (κ2) is 12.4. The van der Waals surface area contributed by atoms with Crippen molar-refractivity contribution in [2.24, 2.45) is 4.99 Å². The molecule has 1 heterocycles. The van der Waals surface area contributed by atoms with Crippen LogP contribution in [0.25, 0.3) is 0 Å². The van der Waals surface area contributed by atoms with Crippen LogP contribution in [-0.2, 0) is 6.42 Å². The quantitative estimate of drug-likeness (QED) is 0.366. The molecule has 26 heavy (non-hydrogen) atoms. The summed E-state index contributed by atoms with van der Waals surface area (Å²) in [5.74, 6) is 2.13. The van der Waals surface area contributed by atoms with Gasteiger partial charge < -0.3 is 15.5 Å². The number of carbonyl (C=O) groups excluding carboxylic acids is 1. The largest absolute Gasteiger partial charge is 0.357 e. The van der Waals surface area contributed by atoms with Crippen molar-refractivity contribution in [3.63, 3.8) is 0 Å². The van der Waals surface area contributed by atoms with Crippen molar-refractivity contribution in [3.8, 4) is 0 Å². The lowest BCUT2D eigenvalue weighted by Gasteiger charge is -2.34. The summed E-state index contributed by atoms with van der Waals surface area (Å²) in [6.07, 6.45) is 2.03. The molecule has 0 aromatic heterocycles. The van der Waals surface area contributed by atoms with Crippen LogP contribution in [0.4, 0.5) is 0 Å². The van der Waals surface area contributed by atoms with E-state index in [1.807, 2.05) is 18.2 Å². The standard InChI is InChI=1S/C19H30N4OS.HI/c1-4-17-14-23(11-12-25-17)19(21-5-2)22-10-9-15-7-6-8-16(13-15)18(24)20-3;/h6-8,13,17H,4-5,9-12,14H2,1-3H3,(H,20,24)(H,21,22);1H. The van der Waals surface area contributed by atoms with Crippen molar-refractivity contribution in [3.05, 3.63) is 35.4 Å². The summed E-state index contributed by atoms with van der Waals surface area (Å²) in [6, 6.07) is 7.78. The molecule has 0 aliphatic carbocycles.